The van der Waals surface area contributed by atoms with Gasteiger partial charge in [0.1, 0.15) is 0 Å². The van der Waals surface area contributed by atoms with Crippen LogP contribution in [-0.2, 0) is 0 Å². The Bertz CT molecular complexity index is 97.7. The van der Waals surface area contributed by atoms with Crippen LogP contribution < -0.4 is 10.6 Å². The van der Waals surface area contributed by atoms with E-state index in [0.29, 0.717) is 12.2 Å². The third-order valence-electron chi connectivity index (χ3n) is 2.32. The highest BCUT2D eigenvalue weighted by Gasteiger charge is 2.14. The van der Waals surface area contributed by atoms with E-state index in [2.05, 4.69) is 24.5 Å². The van der Waals surface area contributed by atoms with Gasteiger partial charge in [0.05, 0.1) is 6.17 Å². The van der Waals surface area contributed by atoms with E-state index in [1.807, 2.05) is 0 Å². The van der Waals surface area contributed by atoms with Crippen molar-refractivity contribution in [2.45, 2.75) is 51.7 Å². The summed E-state index contributed by atoms with van der Waals surface area (Å²) in [6.45, 7) is 5.50. The summed E-state index contributed by atoms with van der Waals surface area (Å²) in [4.78, 5) is 0. The molecular formula is C9H19N2. The lowest BCUT2D eigenvalue weighted by atomic mass is 10.1. The minimum Gasteiger partial charge on any atom is -0.298 e. The molecule has 0 aromatic heterocycles. The molecule has 1 aliphatic rings. The Hall–Kier alpha value is -0.0800. The number of nitrogens with zero attached hydrogens (tertiary/aromatic N) is 1. The van der Waals surface area contributed by atoms with Crippen molar-refractivity contribution < 1.29 is 0 Å². The van der Waals surface area contributed by atoms with E-state index in [-0.39, 0.29) is 0 Å². The molecule has 0 aromatic carbocycles. The standard InChI is InChI=1S/C9H19N2/c1-3-8(2)11-9-6-4-5-7-10-9/h8-9,11H,3-7H2,1-2H3. The quantitative estimate of drug-likeness (QED) is 0.656. The van der Waals surface area contributed by atoms with Crippen LogP contribution in [-0.4, -0.2) is 18.8 Å². The average molecular weight is 155 g/mol. The van der Waals surface area contributed by atoms with Crippen molar-refractivity contribution in [1.82, 2.24) is 10.6 Å². The Balaban J connectivity index is 2.13. The molecule has 11 heavy (non-hydrogen) atoms. The molecule has 1 saturated heterocycles. The van der Waals surface area contributed by atoms with Gasteiger partial charge in [-0.25, -0.2) is 5.32 Å². The maximum Gasteiger partial charge on any atom is 0.0737 e. The minimum atomic E-state index is 0.457. The molecule has 0 aromatic rings. The van der Waals surface area contributed by atoms with Gasteiger partial charge in [-0.2, -0.15) is 0 Å². The fraction of sp³-hybridized carbons (Fsp3) is 1.00. The van der Waals surface area contributed by atoms with Crippen LogP contribution in [0, 0.1) is 0 Å². The summed E-state index contributed by atoms with van der Waals surface area (Å²) in [5.41, 5.74) is 0. The van der Waals surface area contributed by atoms with Crippen molar-refractivity contribution in [1.29, 1.82) is 0 Å². The van der Waals surface area contributed by atoms with Crippen LogP contribution in [0.1, 0.15) is 39.5 Å². The normalized spacial score (nSPS) is 28.4. The van der Waals surface area contributed by atoms with Gasteiger partial charge >= 0.3 is 0 Å². The van der Waals surface area contributed by atoms with Crippen LogP contribution >= 0.6 is 0 Å². The van der Waals surface area contributed by atoms with Crippen molar-refractivity contribution >= 4 is 0 Å². The lowest BCUT2D eigenvalue weighted by Gasteiger charge is -2.25. The molecule has 1 fully saturated rings. The third kappa shape index (κ3) is 3.21. The van der Waals surface area contributed by atoms with Crippen LogP contribution in [0.5, 0.6) is 0 Å². The summed E-state index contributed by atoms with van der Waals surface area (Å²) < 4.78 is 0. The van der Waals surface area contributed by atoms with E-state index < -0.39 is 0 Å². The van der Waals surface area contributed by atoms with Gasteiger partial charge in [-0.3, -0.25) is 5.32 Å². The van der Waals surface area contributed by atoms with Crippen molar-refractivity contribution in [3.63, 3.8) is 0 Å². The van der Waals surface area contributed by atoms with E-state index in [1.54, 1.807) is 0 Å². The van der Waals surface area contributed by atoms with Crippen LogP contribution in [0.25, 0.3) is 0 Å². The predicted octanol–water partition coefficient (Wildman–Crippen LogP) is 1.49. The number of nitrogens with one attached hydrogen (secondary N) is 1. The Kier molecular flexibility index (Phi) is 3.87. The molecule has 65 valence electrons. The van der Waals surface area contributed by atoms with Gasteiger partial charge in [0.15, 0.2) is 0 Å². The molecule has 2 heteroatoms. The SMILES string of the molecule is CCC(C)NC1CCCC[N]1. The highest BCUT2D eigenvalue weighted by molar-refractivity contribution is 4.72. The molecule has 1 rings (SSSR count). The summed E-state index contributed by atoms with van der Waals surface area (Å²) in [6.07, 6.45) is 5.53. The van der Waals surface area contributed by atoms with Gasteiger partial charge in [0.25, 0.3) is 0 Å². The number of rotatable bonds is 3. The second-order valence-corrected chi connectivity index (χ2v) is 3.39. The predicted molar refractivity (Wildman–Crippen MR) is 47.5 cm³/mol. The Labute approximate surface area is 69.8 Å². The molecule has 1 N–H and O–H groups in total. The first-order valence-electron chi connectivity index (χ1n) is 4.75. The lowest BCUT2D eigenvalue weighted by Crippen LogP contribution is -2.44. The molecule has 0 aliphatic carbocycles. The molecule has 1 heterocycles. The topological polar surface area (TPSA) is 26.1 Å². The monoisotopic (exact) mass is 155 g/mol. The van der Waals surface area contributed by atoms with Crippen LogP contribution in [0.15, 0.2) is 0 Å². The molecule has 0 bridgehead atoms. The Morgan fingerprint density at radius 3 is 2.91 bits per heavy atom. The molecule has 2 atom stereocenters. The zero-order chi connectivity index (χ0) is 8.10. The third-order valence-corrected chi connectivity index (χ3v) is 2.32. The van der Waals surface area contributed by atoms with Crippen LogP contribution in [0.4, 0.5) is 0 Å². The first-order valence-corrected chi connectivity index (χ1v) is 4.75. The molecule has 2 unspecified atom stereocenters. The average Bonchev–Trinajstić information content (AvgIpc) is 2.06. The molecule has 2 nitrogen and oxygen atoms in total. The maximum absolute atomic E-state index is 4.51. The van der Waals surface area contributed by atoms with E-state index >= 15 is 0 Å². The van der Waals surface area contributed by atoms with E-state index in [0.717, 1.165) is 6.54 Å². The smallest absolute Gasteiger partial charge is 0.0737 e. The summed E-state index contributed by atoms with van der Waals surface area (Å²) in [5, 5.41) is 8.01. The molecule has 1 radical (unpaired) electrons. The van der Waals surface area contributed by atoms with Crippen molar-refractivity contribution in [2.75, 3.05) is 6.54 Å². The number of hydrogen-bond donors (Lipinski definition) is 1. The fourth-order valence-corrected chi connectivity index (χ4v) is 1.37. The zero-order valence-electron chi connectivity index (χ0n) is 7.64. The molecule has 0 saturated carbocycles. The van der Waals surface area contributed by atoms with Gasteiger partial charge in [-0.05, 0) is 32.6 Å². The van der Waals surface area contributed by atoms with Crippen LogP contribution in [0.3, 0.4) is 0 Å². The Morgan fingerprint density at radius 2 is 2.36 bits per heavy atom. The molecular weight excluding hydrogens is 136 g/mol. The lowest BCUT2D eigenvalue weighted by molar-refractivity contribution is 0.308. The highest BCUT2D eigenvalue weighted by atomic mass is 15.1. The first kappa shape index (κ1) is 9.01. The second kappa shape index (κ2) is 4.73. The summed E-state index contributed by atoms with van der Waals surface area (Å²) in [5.74, 6) is 0. The summed E-state index contributed by atoms with van der Waals surface area (Å²) in [7, 11) is 0. The molecule has 0 amide bonds. The van der Waals surface area contributed by atoms with Gasteiger partial charge in [0.2, 0.25) is 0 Å². The minimum absolute atomic E-state index is 0.457. The van der Waals surface area contributed by atoms with Crippen molar-refractivity contribution in [3.05, 3.63) is 0 Å². The van der Waals surface area contributed by atoms with E-state index in [1.165, 1.54) is 25.7 Å². The van der Waals surface area contributed by atoms with Gasteiger partial charge in [-0.1, -0.05) is 6.92 Å². The van der Waals surface area contributed by atoms with Gasteiger partial charge < -0.3 is 0 Å². The largest absolute Gasteiger partial charge is 0.298 e. The second-order valence-electron chi connectivity index (χ2n) is 3.39. The summed E-state index contributed by atoms with van der Waals surface area (Å²) >= 11 is 0. The first-order chi connectivity index (χ1) is 5.33. The van der Waals surface area contributed by atoms with Crippen molar-refractivity contribution in [2.24, 2.45) is 0 Å². The van der Waals surface area contributed by atoms with Gasteiger partial charge in [0, 0.05) is 12.6 Å². The Morgan fingerprint density at radius 1 is 1.55 bits per heavy atom. The number of hydrogen-bond acceptors (Lipinski definition) is 1. The molecule has 0 spiro atoms. The summed E-state index contributed by atoms with van der Waals surface area (Å²) in [6, 6.07) is 0.627. The van der Waals surface area contributed by atoms with E-state index in [4.69, 9.17) is 0 Å². The van der Waals surface area contributed by atoms with Crippen LogP contribution in [0.2, 0.25) is 0 Å². The fourth-order valence-electron chi connectivity index (χ4n) is 1.37. The van der Waals surface area contributed by atoms with Gasteiger partial charge in [-0.15, -0.1) is 0 Å². The zero-order valence-corrected chi connectivity index (χ0v) is 7.64. The highest BCUT2D eigenvalue weighted by Crippen LogP contribution is 2.07. The maximum atomic E-state index is 4.51. The number of piperidine rings is 1. The molecule has 1 aliphatic heterocycles. The van der Waals surface area contributed by atoms with E-state index in [9.17, 15) is 0 Å². The van der Waals surface area contributed by atoms with Crippen molar-refractivity contribution in [3.8, 4) is 0 Å².